The molecular weight excluding hydrogens is 497 g/mol. The van der Waals surface area contributed by atoms with Crippen LogP contribution in [0.25, 0.3) is 17.1 Å². The van der Waals surface area contributed by atoms with Crippen LogP contribution in [0.5, 0.6) is 0 Å². The minimum Gasteiger partial charge on any atom is -0.450 e. The van der Waals surface area contributed by atoms with Gasteiger partial charge in [0.2, 0.25) is 0 Å². The Morgan fingerprint density at radius 1 is 1.00 bits per heavy atom. The molecule has 0 saturated heterocycles. The van der Waals surface area contributed by atoms with Crippen molar-refractivity contribution in [1.82, 2.24) is 20.1 Å². The number of nitrogens with one attached hydrogen (secondary N) is 1. The van der Waals surface area contributed by atoms with Crippen LogP contribution in [0.15, 0.2) is 78.9 Å². The first-order valence-corrected chi connectivity index (χ1v) is 12.0. The molecule has 1 amide bonds. The number of nitrogens with zero attached hydrogens (tertiary/aromatic N) is 3. The van der Waals surface area contributed by atoms with Crippen molar-refractivity contribution in [2.24, 2.45) is 0 Å². The topological polar surface area (TPSA) is 86.1 Å². The Kier molecular flexibility index (Phi) is 6.95. The van der Waals surface area contributed by atoms with Gasteiger partial charge < -0.3 is 10.1 Å². The molecule has 0 unspecified atom stereocenters. The molecule has 1 N–H and O–H groups in total. The second-order valence-electron chi connectivity index (χ2n) is 8.87. The molecule has 3 aromatic carbocycles. The fourth-order valence-electron chi connectivity index (χ4n) is 4.50. The van der Waals surface area contributed by atoms with E-state index in [2.05, 4.69) is 15.4 Å². The molecular formula is C28H23F3N4O3. The number of amides is 1. The number of hydrogen-bond acceptors (Lipinski definition) is 5. The molecule has 1 heterocycles. The van der Waals surface area contributed by atoms with E-state index >= 15 is 0 Å². The van der Waals surface area contributed by atoms with Gasteiger partial charge in [-0.1, -0.05) is 60.7 Å². The summed E-state index contributed by atoms with van der Waals surface area (Å²) in [6.07, 6.45) is -1.90. The van der Waals surface area contributed by atoms with Gasteiger partial charge in [0, 0.05) is 5.56 Å². The highest BCUT2D eigenvalue weighted by molar-refractivity contribution is 5.88. The molecule has 5 rings (SSSR count). The molecule has 1 aromatic heterocycles. The highest BCUT2D eigenvalue weighted by atomic mass is 19.4. The Bertz CT molecular complexity index is 1470. The summed E-state index contributed by atoms with van der Waals surface area (Å²) >= 11 is 0. The third-order valence-electron chi connectivity index (χ3n) is 6.28. The van der Waals surface area contributed by atoms with Crippen LogP contribution in [0, 0.1) is 0 Å². The number of aromatic nitrogens is 3. The lowest BCUT2D eigenvalue weighted by atomic mass is 9.88. The smallest absolute Gasteiger partial charge is 0.416 e. The molecule has 0 bridgehead atoms. The zero-order chi connectivity index (χ0) is 26.7. The van der Waals surface area contributed by atoms with E-state index in [-0.39, 0.29) is 23.4 Å². The van der Waals surface area contributed by atoms with Crippen molar-refractivity contribution in [1.29, 1.82) is 0 Å². The molecule has 0 spiro atoms. The maximum atomic E-state index is 13.3. The van der Waals surface area contributed by atoms with Gasteiger partial charge in [0.05, 0.1) is 17.3 Å². The Morgan fingerprint density at radius 2 is 1.76 bits per heavy atom. The lowest BCUT2D eigenvalue weighted by Crippen LogP contribution is -2.34. The largest absolute Gasteiger partial charge is 0.450 e. The average molecular weight is 521 g/mol. The van der Waals surface area contributed by atoms with Crippen molar-refractivity contribution in [3.63, 3.8) is 0 Å². The summed E-state index contributed by atoms with van der Waals surface area (Å²) in [4.78, 5) is 29.6. The van der Waals surface area contributed by atoms with Gasteiger partial charge in [-0.25, -0.2) is 14.5 Å². The van der Waals surface area contributed by atoms with Crippen LogP contribution in [0.4, 0.5) is 13.2 Å². The van der Waals surface area contributed by atoms with Gasteiger partial charge in [0.15, 0.2) is 12.4 Å². The molecule has 0 saturated carbocycles. The fraction of sp³-hybridized carbons (Fsp3) is 0.214. The van der Waals surface area contributed by atoms with E-state index < -0.39 is 30.2 Å². The Balaban J connectivity index is 1.35. The van der Waals surface area contributed by atoms with Crippen molar-refractivity contribution in [2.45, 2.75) is 31.5 Å². The molecule has 0 fully saturated rings. The van der Waals surface area contributed by atoms with Crippen LogP contribution in [0.2, 0.25) is 0 Å². The van der Waals surface area contributed by atoms with Gasteiger partial charge in [-0.05, 0) is 48.6 Å². The number of benzene rings is 3. The van der Waals surface area contributed by atoms with E-state index in [4.69, 9.17) is 4.74 Å². The number of alkyl halides is 3. The van der Waals surface area contributed by atoms with Crippen molar-refractivity contribution in [3.05, 3.63) is 101 Å². The average Bonchev–Trinajstić information content (AvgIpc) is 3.38. The molecule has 0 aliphatic heterocycles. The predicted molar refractivity (Wildman–Crippen MR) is 132 cm³/mol. The van der Waals surface area contributed by atoms with Crippen molar-refractivity contribution in [2.75, 3.05) is 6.61 Å². The second-order valence-corrected chi connectivity index (χ2v) is 8.87. The monoisotopic (exact) mass is 520 g/mol. The van der Waals surface area contributed by atoms with Crippen molar-refractivity contribution >= 4 is 11.9 Å². The summed E-state index contributed by atoms with van der Waals surface area (Å²) in [5, 5.41) is 7.04. The van der Waals surface area contributed by atoms with Gasteiger partial charge in [-0.15, -0.1) is 5.10 Å². The highest BCUT2D eigenvalue weighted by Gasteiger charge is 2.31. The van der Waals surface area contributed by atoms with Gasteiger partial charge in [-0.2, -0.15) is 13.2 Å². The van der Waals surface area contributed by atoms with Crippen LogP contribution in [-0.2, 0) is 22.1 Å². The first-order chi connectivity index (χ1) is 18.3. The quantitative estimate of drug-likeness (QED) is 0.349. The van der Waals surface area contributed by atoms with Crippen molar-refractivity contribution in [3.8, 4) is 17.1 Å². The lowest BCUT2D eigenvalue weighted by Gasteiger charge is -2.26. The lowest BCUT2D eigenvalue weighted by molar-refractivity contribution is -0.137. The standard InChI is InChI=1S/C28H23F3N4O3/c29-28(30,31)20-12-7-13-21(16-20)35-26(19-9-2-1-3-10-19)33-25(34-35)27(37)38-17-24(36)32-23-15-6-11-18-8-4-5-14-22(18)23/h1-5,7-10,12-14,16,23H,6,11,15,17H2,(H,32,36)/t23-/m0/s1. The number of ether oxygens (including phenoxy) is 1. The third-order valence-corrected chi connectivity index (χ3v) is 6.28. The molecule has 38 heavy (non-hydrogen) atoms. The van der Waals surface area contributed by atoms with E-state index in [9.17, 15) is 22.8 Å². The molecule has 10 heteroatoms. The summed E-state index contributed by atoms with van der Waals surface area (Å²) < 4.78 is 46.2. The molecule has 7 nitrogen and oxygen atoms in total. The zero-order valence-corrected chi connectivity index (χ0v) is 20.1. The van der Waals surface area contributed by atoms with Crippen LogP contribution in [-0.4, -0.2) is 33.2 Å². The number of fused-ring (bicyclic) bond motifs is 1. The van der Waals surface area contributed by atoms with Crippen molar-refractivity contribution < 1.29 is 27.5 Å². The van der Waals surface area contributed by atoms with Crippen LogP contribution >= 0.6 is 0 Å². The van der Waals surface area contributed by atoms with Gasteiger partial charge >= 0.3 is 12.1 Å². The van der Waals surface area contributed by atoms with E-state index in [0.717, 1.165) is 41.6 Å². The number of carbonyl (C=O) groups excluding carboxylic acids is 2. The summed E-state index contributed by atoms with van der Waals surface area (Å²) in [6, 6.07) is 20.9. The minimum absolute atomic E-state index is 0.0685. The third kappa shape index (κ3) is 5.44. The molecule has 194 valence electrons. The SMILES string of the molecule is O=C(COC(=O)c1nc(-c2ccccc2)n(-c2cccc(C(F)(F)F)c2)n1)N[C@H]1CCCc2ccccc21. The molecule has 1 aliphatic carbocycles. The zero-order valence-electron chi connectivity index (χ0n) is 20.1. The van der Waals surface area contributed by atoms with E-state index in [1.54, 1.807) is 30.3 Å². The number of hydrogen-bond donors (Lipinski definition) is 1. The van der Waals surface area contributed by atoms with Crippen LogP contribution < -0.4 is 5.32 Å². The van der Waals surface area contributed by atoms with E-state index in [0.29, 0.717) is 5.56 Å². The number of carbonyl (C=O) groups is 2. The van der Waals surface area contributed by atoms with Crippen LogP contribution in [0.1, 0.15) is 46.2 Å². The predicted octanol–water partition coefficient (Wildman–Crippen LogP) is 5.30. The van der Waals surface area contributed by atoms with Crippen LogP contribution in [0.3, 0.4) is 0 Å². The summed E-state index contributed by atoms with van der Waals surface area (Å²) in [7, 11) is 0. The van der Waals surface area contributed by atoms with E-state index in [1.807, 2.05) is 24.3 Å². The fourth-order valence-corrected chi connectivity index (χ4v) is 4.50. The molecule has 1 atom stereocenters. The molecule has 0 radical (unpaired) electrons. The number of aryl methyl sites for hydroxylation is 1. The van der Waals surface area contributed by atoms with Gasteiger partial charge in [0.25, 0.3) is 11.7 Å². The first-order valence-electron chi connectivity index (χ1n) is 12.0. The van der Waals surface area contributed by atoms with Gasteiger partial charge in [-0.3, -0.25) is 4.79 Å². The number of halogens is 3. The minimum atomic E-state index is -4.56. The maximum Gasteiger partial charge on any atom is 0.416 e. The number of esters is 1. The maximum absolute atomic E-state index is 13.3. The second kappa shape index (κ2) is 10.5. The first kappa shape index (κ1) is 25.2. The molecule has 4 aromatic rings. The summed E-state index contributed by atoms with van der Waals surface area (Å²) in [5.41, 5.74) is 1.96. The molecule has 1 aliphatic rings. The normalized spacial score (nSPS) is 15.0. The highest BCUT2D eigenvalue weighted by Crippen LogP contribution is 2.32. The Labute approximate surface area is 216 Å². The summed E-state index contributed by atoms with van der Waals surface area (Å²) in [6.45, 7) is -0.545. The Morgan fingerprint density at radius 3 is 2.55 bits per heavy atom. The Hall–Kier alpha value is -4.47. The number of rotatable bonds is 6. The summed E-state index contributed by atoms with van der Waals surface area (Å²) in [5.74, 6) is -1.66. The van der Waals surface area contributed by atoms with Gasteiger partial charge in [0.1, 0.15) is 0 Å². The van der Waals surface area contributed by atoms with E-state index in [1.165, 1.54) is 17.7 Å².